The maximum atomic E-state index is 12.7. The second kappa shape index (κ2) is 13.8. The average molecular weight is 539 g/mol. The van der Waals surface area contributed by atoms with Gasteiger partial charge in [-0.25, -0.2) is 14.4 Å². The fourth-order valence-corrected chi connectivity index (χ4v) is 3.35. The van der Waals surface area contributed by atoms with Gasteiger partial charge in [0.1, 0.15) is 37.1 Å². The van der Waals surface area contributed by atoms with Crippen LogP contribution < -0.4 is 14.2 Å². The van der Waals surface area contributed by atoms with Gasteiger partial charge in [-0.05, 0) is 72.8 Å². The molecule has 0 aliphatic rings. The summed E-state index contributed by atoms with van der Waals surface area (Å²) in [6.45, 7) is -1.82. The summed E-state index contributed by atoms with van der Waals surface area (Å²) in [7, 11) is 4.51. The zero-order valence-corrected chi connectivity index (χ0v) is 21.9. The van der Waals surface area contributed by atoms with Crippen molar-refractivity contribution in [2.24, 2.45) is 5.41 Å². The van der Waals surface area contributed by atoms with Gasteiger partial charge >= 0.3 is 17.9 Å². The zero-order chi connectivity index (χ0) is 28.3. The van der Waals surface area contributed by atoms with Gasteiger partial charge < -0.3 is 33.5 Å². The van der Waals surface area contributed by atoms with Crippen LogP contribution in [0.15, 0.2) is 72.8 Å². The van der Waals surface area contributed by atoms with Crippen molar-refractivity contribution in [2.45, 2.75) is 0 Å². The van der Waals surface area contributed by atoms with Crippen molar-refractivity contribution in [3.05, 3.63) is 89.5 Å². The van der Waals surface area contributed by atoms with Gasteiger partial charge in [-0.3, -0.25) is 0 Å². The summed E-state index contributed by atoms with van der Waals surface area (Å²) in [4.78, 5) is 38.0. The van der Waals surface area contributed by atoms with E-state index in [4.69, 9.17) is 28.4 Å². The number of hydrogen-bond acceptors (Lipinski definition) is 10. The first kappa shape index (κ1) is 29.0. The summed E-state index contributed by atoms with van der Waals surface area (Å²) in [5.41, 5.74) is -0.707. The Bertz CT molecular complexity index is 1080. The summed E-state index contributed by atoms with van der Waals surface area (Å²) in [5.74, 6) is -0.359. The molecular formula is C29H30O10. The Balaban J connectivity index is 1.73. The molecule has 10 heteroatoms. The molecule has 39 heavy (non-hydrogen) atoms. The topological polar surface area (TPSA) is 127 Å². The monoisotopic (exact) mass is 538 g/mol. The van der Waals surface area contributed by atoms with Crippen molar-refractivity contribution in [1.29, 1.82) is 0 Å². The summed E-state index contributed by atoms with van der Waals surface area (Å²) in [6, 6.07) is 18.7. The summed E-state index contributed by atoms with van der Waals surface area (Å²) >= 11 is 0. The quantitative estimate of drug-likeness (QED) is 0.255. The Hall–Kier alpha value is -4.57. The fourth-order valence-electron chi connectivity index (χ4n) is 3.35. The SMILES string of the molecule is COc1ccc(C(=O)OCC(CO)(COC(=O)c2ccc(OC)cc2)COC(=O)c2ccc(OC)cc2)cc1. The molecule has 0 aliphatic carbocycles. The molecule has 0 heterocycles. The van der Waals surface area contributed by atoms with Gasteiger partial charge in [0.2, 0.25) is 0 Å². The third-order valence-electron chi connectivity index (χ3n) is 5.84. The van der Waals surface area contributed by atoms with Crippen LogP contribution in [0.1, 0.15) is 31.1 Å². The highest BCUT2D eigenvalue weighted by molar-refractivity contribution is 5.90. The minimum absolute atomic E-state index is 0.244. The van der Waals surface area contributed by atoms with E-state index in [0.29, 0.717) is 17.2 Å². The number of rotatable bonds is 13. The van der Waals surface area contributed by atoms with Crippen LogP contribution in [0, 0.1) is 5.41 Å². The molecule has 10 nitrogen and oxygen atoms in total. The molecule has 0 saturated heterocycles. The third-order valence-corrected chi connectivity index (χ3v) is 5.84. The minimum Gasteiger partial charge on any atom is -0.497 e. The molecule has 1 N–H and O–H groups in total. The number of ether oxygens (including phenoxy) is 6. The van der Waals surface area contributed by atoms with Gasteiger partial charge in [-0.2, -0.15) is 0 Å². The molecule has 0 amide bonds. The Morgan fingerprint density at radius 1 is 0.538 bits per heavy atom. The Labute approximate surface area is 226 Å². The second-order valence-corrected chi connectivity index (χ2v) is 8.57. The van der Waals surface area contributed by atoms with Gasteiger partial charge in [0, 0.05) is 0 Å². The number of aliphatic hydroxyl groups is 1. The molecular weight excluding hydrogens is 508 g/mol. The normalized spacial score (nSPS) is 10.8. The van der Waals surface area contributed by atoms with Crippen LogP contribution in [-0.4, -0.2) is 70.8 Å². The van der Waals surface area contributed by atoms with E-state index in [1.54, 1.807) is 36.4 Å². The first-order valence-corrected chi connectivity index (χ1v) is 11.9. The molecule has 0 saturated carbocycles. The largest absolute Gasteiger partial charge is 0.497 e. The predicted molar refractivity (Wildman–Crippen MR) is 139 cm³/mol. The number of benzene rings is 3. The van der Waals surface area contributed by atoms with Crippen LogP contribution in [0.3, 0.4) is 0 Å². The van der Waals surface area contributed by atoms with Gasteiger partial charge in [0.25, 0.3) is 0 Å². The standard InChI is InChI=1S/C29H30O10/c1-34-23-10-4-20(5-11-23)26(31)37-17-29(16-30,18-38-27(32)21-6-12-24(35-2)13-7-21)19-39-28(33)22-8-14-25(36-3)15-9-22/h4-15,30H,16-19H2,1-3H3. The van der Waals surface area contributed by atoms with Crippen LogP contribution >= 0.6 is 0 Å². The van der Waals surface area contributed by atoms with Crippen LogP contribution in [-0.2, 0) is 14.2 Å². The average Bonchev–Trinajstić information content (AvgIpc) is 3.00. The number of methoxy groups -OCH3 is 3. The lowest BCUT2D eigenvalue weighted by atomic mass is 9.92. The van der Waals surface area contributed by atoms with Crippen LogP contribution in [0.5, 0.6) is 17.2 Å². The van der Waals surface area contributed by atoms with Crippen molar-refractivity contribution in [3.8, 4) is 17.2 Å². The molecule has 0 aliphatic heterocycles. The molecule has 3 aromatic rings. The van der Waals surface area contributed by atoms with Crippen LogP contribution in [0.25, 0.3) is 0 Å². The van der Waals surface area contributed by atoms with E-state index in [2.05, 4.69) is 0 Å². The number of aliphatic hydroxyl groups excluding tert-OH is 1. The summed E-state index contributed by atoms with van der Waals surface area (Å²) < 4.78 is 31.6. The number of hydrogen-bond donors (Lipinski definition) is 1. The lowest BCUT2D eigenvalue weighted by Gasteiger charge is -2.30. The molecule has 0 bridgehead atoms. The van der Waals surface area contributed by atoms with E-state index in [-0.39, 0.29) is 16.7 Å². The van der Waals surface area contributed by atoms with Gasteiger partial charge in [0.05, 0.1) is 50.0 Å². The predicted octanol–water partition coefficient (Wildman–Crippen LogP) is 3.56. The zero-order valence-electron chi connectivity index (χ0n) is 21.9. The van der Waals surface area contributed by atoms with Gasteiger partial charge in [-0.15, -0.1) is 0 Å². The van der Waals surface area contributed by atoms with Gasteiger partial charge in [0.15, 0.2) is 0 Å². The first-order valence-electron chi connectivity index (χ1n) is 11.9. The molecule has 0 radical (unpaired) electrons. The summed E-state index contributed by atoms with van der Waals surface area (Å²) in [5, 5.41) is 10.3. The highest BCUT2D eigenvalue weighted by Gasteiger charge is 2.36. The molecule has 0 aromatic heterocycles. The molecule has 0 spiro atoms. The van der Waals surface area contributed by atoms with Crippen molar-refractivity contribution >= 4 is 17.9 Å². The molecule has 0 atom stereocenters. The highest BCUT2D eigenvalue weighted by Crippen LogP contribution is 2.23. The van der Waals surface area contributed by atoms with Crippen LogP contribution in [0.4, 0.5) is 0 Å². The molecule has 0 unspecified atom stereocenters. The summed E-state index contributed by atoms with van der Waals surface area (Å²) in [6.07, 6.45) is 0. The van der Waals surface area contributed by atoms with E-state index in [9.17, 15) is 19.5 Å². The van der Waals surface area contributed by atoms with Crippen molar-refractivity contribution in [2.75, 3.05) is 47.8 Å². The highest BCUT2D eigenvalue weighted by atomic mass is 16.6. The van der Waals surface area contributed by atoms with E-state index < -0.39 is 49.8 Å². The minimum atomic E-state index is -1.44. The maximum Gasteiger partial charge on any atom is 0.338 e. The van der Waals surface area contributed by atoms with E-state index in [1.165, 1.54) is 57.7 Å². The first-order chi connectivity index (χ1) is 18.8. The molecule has 206 valence electrons. The number of carbonyl (C=O) groups excluding carboxylic acids is 3. The Morgan fingerprint density at radius 2 is 0.795 bits per heavy atom. The third kappa shape index (κ3) is 7.96. The van der Waals surface area contributed by atoms with Crippen molar-refractivity contribution in [3.63, 3.8) is 0 Å². The van der Waals surface area contributed by atoms with E-state index in [1.807, 2.05) is 0 Å². The Kier molecular flexibility index (Phi) is 10.3. The fraction of sp³-hybridized carbons (Fsp3) is 0.276. The van der Waals surface area contributed by atoms with E-state index in [0.717, 1.165) is 0 Å². The lowest BCUT2D eigenvalue weighted by molar-refractivity contribution is -0.0587. The van der Waals surface area contributed by atoms with E-state index >= 15 is 0 Å². The van der Waals surface area contributed by atoms with Crippen molar-refractivity contribution in [1.82, 2.24) is 0 Å². The molecule has 3 aromatic carbocycles. The molecule has 0 fully saturated rings. The van der Waals surface area contributed by atoms with Crippen molar-refractivity contribution < 1.29 is 47.9 Å². The Morgan fingerprint density at radius 3 is 1.00 bits per heavy atom. The lowest BCUT2D eigenvalue weighted by Crippen LogP contribution is -2.42. The van der Waals surface area contributed by atoms with Gasteiger partial charge in [-0.1, -0.05) is 0 Å². The molecule has 3 rings (SSSR count). The second-order valence-electron chi connectivity index (χ2n) is 8.57. The number of carbonyl (C=O) groups is 3. The van der Waals surface area contributed by atoms with Crippen LogP contribution in [0.2, 0.25) is 0 Å². The smallest absolute Gasteiger partial charge is 0.338 e. The maximum absolute atomic E-state index is 12.7. The number of esters is 3.